The van der Waals surface area contributed by atoms with Gasteiger partial charge in [0, 0.05) is 17.7 Å². The first-order chi connectivity index (χ1) is 12.6. The summed E-state index contributed by atoms with van der Waals surface area (Å²) >= 11 is 6.19. The van der Waals surface area contributed by atoms with Gasteiger partial charge in [-0.15, -0.1) is 0 Å². The number of carbonyl (C=O) groups excluding carboxylic acids is 2. The number of anilines is 2. The van der Waals surface area contributed by atoms with Crippen molar-refractivity contribution in [1.29, 1.82) is 0 Å². The van der Waals surface area contributed by atoms with Crippen molar-refractivity contribution in [2.24, 2.45) is 0 Å². The quantitative estimate of drug-likeness (QED) is 0.627. The Morgan fingerprint density at radius 3 is 2.46 bits per heavy atom. The monoisotopic (exact) mass is 366 g/mol. The van der Waals surface area contributed by atoms with Crippen LogP contribution in [-0.2, 0) is 4.79 Å². The molecule has 132 valence electrons. The minimum atomic E-state index is -0.255. The second-order valence-electron chi connectivity index (χ2n) is 6.01. The van der Waals surface area contributed by atoms with Gasteiger partial charge in [0.25, 0.3) is 5.91 Å². The van der Waals surface area contributed by atoms with Crippen LogP contribution in [0.2, 0.25) is 5.02 Å². The third-order valence-corrected chi connectivity index (χ3v) is 4.32. The average molecular weight is 367 g/mol. The molecule has 4 nitrogen and oxygen atoms in total. The average Bonchev–Trinajstić information content (AvgIpc) is 2.64. The highest BCUT2D eigenvalue weighted by Crippen LogP contribution is 2.26. The fourth-order valence-corrected chi connectivity index (χ4v) is 2.84. The van der Waals surface area contributed by atoms with Gasteiger partial charge in [-0.1, -0.05) is 48.9 Å². The van der Waals surface area contributed by atoms with E-state index in [1.165, 1.54) is 0 Å². The third-order valence-electron chi connectivity index (χ3n) is 3.99. The van der Waals surface area contributed by atoms with Crippen LogP contribution < -0.4 is 10.6 Å². The van der Waals surface area contributed by atoms with Crippen LogP contribution in [-0.4, -0.2) is 11.8 Å². The van der Waals surface area contributed by atoms with Crippen LogP contribution in [0.15, 0.2) is 60.7 Å². The van der Waals surface area contributed by atoms with E-state index in [2.05, 4.69) is 10.6 Å². The minimum absolute atomic E-state index is 0.0679. The topological polar surface area (TPSA) is 58.2 Å². The Labute approximate surface area is 157 Å². The maximum Gasteiger partial charge on any atom is 0.255 e. The Morgan fingerprint density at radius 2 is 1.69 bits per heavy atom. The van der Waals surface area contributed by atoms with Crippen LogP contribution in [0.3, 0.4) is 0 Å². The van der Waals surface area contributed by atoms with Crippen LogP contribution in [0.5, 0.6) is 0 Å². The summed E-state index contributed by atoms with van der Waals surface area (Å²) in [5.41, 5.74) is 1.60. The summed E-state index contributed by atoms with van der Waals surface area (Å²) in [5, 5.41) is 8.09. The lowest BCUT2D eigenvalue weighted by Crippen LogP contribution is -2.14. The molecule has 0 fully saturated rings. The van der Waals surface area contributed by atoms with Crippen molar-refractivity contribution >= 4 is 45.6 Å². The molecule has 3 rings (SSSR count). The fraction of sp³-hybridized carbons (Fsp3) is 0.143. The standard InChI is InChI=1S/C21H19ClN2O2/c1-2-5-20(25)23-17-10-11-18(22)19(13-17)24-21(26)16-9-8-14-6-3-4-7-15(14)12-16/h3-4,6-13H,2,5H2,1H3,(H,23,25)(H,24,26). The second-order valence-corrected chi connectivity index (χ2v) is 6.42. The number of carbonyl (C=O) groups is 2. The predicted molar refractivity (Wildman–Crippen MR) is 107 cm³/mol. The number of rotatable bonds is 5. The van der Waals surface area contributed by atoms with E-state index >= 15 is 0 Å². The van der Waals surface area contributed by atoms with Crippen LogP contribution in [0.25, 0.3) is 10.8 Å². The molecule has 0 bridgehead atoms. The number of amides is 2. The summed E-state index contributed by atoms with van der Waals surface area (Å²) in [4.78, 5) is 24.3. The molecule has 26 heavy (non-hydrogen) atoms. The van der Waals surface area contributed by atoms with E-state index in [1.54, 1.807) is 24.3 Å². The van der Waals surface area contributed by atoms with Crippen molar-refractivity contribution < 1.29 is 9.59 Å². The summed E-state index contributed by atoms with van der Waals surface area (Å²) in [6.45, 7) is 1.94. The van der Waals surface area contributed by atoms with Gasteiger partial charge >= 0.3 is 0 Å². The highest BCUT2D eigenvalue weighted by Gasteiger charge is 2.11. The van der Waals surface area contributed by atoms with Crippen molar-refractivity contribution in [2.75, 3.05) is 10.6 Å². The van der Waals surface area contributed by atoms with Gasteiger partial charge in [-0.25, -0.2) is 0 Å². The Bertz CT molecular complexity index is 969. The van der Waals surface area contributed by atoms with Gasteiger partial charge in [-0.3, -0.25) is 9.59 Å². The smallest absolute Gasteiger partial charge is 0.255 e. The minimum Gasteiger partial charge on any atom is -0.326 e. The largest absolute Gasteiger partial charge is 0.326 e. The number of benzene rings is 3. The molecule has 3 aromatic carbocycles. The first-order valence-electron chi connectivity index (χ1n) is 8.46. The maximum atomic E-state index is 12.6. The summed E-state index contributed by atoms with van der Waals surface area (Å²) in [6.07, 6.45) is 1.21. The van der Waals surface area contributed by atoms with Gasteiger partial charge < -0.3 is 10.6 Å². The zero-order valence-corrected chi connectivity index (χ0v) is 15.1. The molecule has 0 atom stereocenters. The Kier molecular flexibility index (Phi) is 5.54. The Hall–Kier alpha value is -2.85. The molecule has 0 aliphatic heterocycles. The molecule has 0 radical (unpaired) electrons. The lowest BCUT2D eigenvalue weighted by Gasteiger charge is -2.11. The lowest BCUT2D eigenvalue weighted by atomic mass is 10.1. The molecule has 5 heteroatoms. The van der Waals surface area contributed by atoms with Crippen molar-refractivity contribution in [3.05, 3.63) is 71.2 Å². The molecule has 0 unspecified atom stereocenters. The number of halogens is 1. The van der Waals surface area contributed by atoms with Gasteiger partial charge in [0.05, 0.1) is 10.7 Å². The van der Waals surface area contributed by atoms with Gasteiger partial charge in [0.15, 0.2) is 0 Å². The van der Waals surface area contributed by atoms with Crippen molar-refractivity contribution in [1.82, 2.24) is 0 Å². The molecule has 0 aromatic heterocycles. The molecule has 0 saturated carbocycles. The number of hydrogen-bond donors (Lipinski definition) is 2. The van der Waals surface area contributed by atoms with Gasteiger partial charge in [-0.2, -0.15) is 0 Å². The zero-order valence-electron chi connectivity index (χ0n) is 14.4. The highest BCUT2D eigenvalue weighted by molar-refractivity contribution is 6.34. The molecule has 2 amide bonds. The van der Waals surface area contributed by atoms with E-state index in [1.807, 2.05) is 43.3 Å². The summed E-state index contributed by atoms with van der Waals surface area (Å²) in [7, 11) is 0. The summed E-state index contributed by atoms with van der Waals surface area (Å²) in [5.74, 6) is -0.323. The Balaban J connectivity index is 1.80. The van der Waals surface area contributed by atoms with Gasteiger partial charge in [-0.05, 0) is 47.5 Å². The maximum absolute atomic E-state index is 12.6. The number of hydrogen-bond acceptors (Lipinski definition) is 2. The zero-order chi connectivity index (χ0) is 18.5. The lowest BCUT2D eigenvalue weighted by molar-refractivity contribution is -0.116. The van der Waals surface area contributed by atoms with E-state index < -0.39 is 0 Å². The molecule has 0 saturated heterocycles. The van der Waals surface area contributed by atoms with E-state index in [9.17, 15) is 9.59 Å². The first kappa shape index (κ1) is 18.0. The molecule has 0 heterocycles. The molecule has 2 N–H and O–H groups in total. The van der Waals surface area contributed by atoms with E-state index in [0.29, 0.717) is 28.4 Å². The van der Waals surface area contributed by atoms with Crippen LogP contribution >= 0.6 is 11.6 Å². The molecule has 0 aliphatic carbocycles. The van der Waals surface area contributed by atoms with Crippen molar-refractivity contribution in [3.63, 3.8) is 0 Å². The summed E-state index contributed by atoms with van der Waals surface area (Å²) in [6, 6.07) is 18.4. The van der Waals surface area contributed by atoms with Crippen molar-refractivity contribution in [3.8, 4) is 0 Å². The summed E-state index contributed by atoms with van der Waals surface area (Å²) < 4.78 is 0. The number of fused-ring (bicyclic) bond motifs is 1. The SMILES string of the molecule is CCCC(=O)Nc1ccc(Cl)c(NC(=O)c2ccc3ccccc3c2)c1. The molecular formula is C21H19ClN2O2. The third kappa shape index (κ3) is 4.21. The van der Waals surface area contributed by atoms with Crippen molar-refractivity contribution in [2.45, 2.75) is 19.8 Å². The normalized spacial score (nSPS) is 10.5. The van der Waals surface area contributed by atoms with Crippen LogP contribution in [0.4, 0.5) is 11.4 Å². The molecule has 3 aromatic rings. The fourth-order valence-electron chi connectivity index (χ4n) is 2.67. The van der Waals surface area contributed by atoms with Crippen LogP contribution in [0.1, 0.15) is 30.1 Å². The first-order valence-corrected chi connectivity index (χ1v) is 8.84. The van der Waals surface area contributed by atoms with Gasteiger partial charge in [0.2, 0.25) is 5.91 Å². The van der Waals surface area contributed by atoms with E-state index in [0.717, 1.165) is 17.2 Å². The molecule has 0 spiro atoms. The molecule has 0 aliphatic rings. The Morgan fingerprint density at radius 1 is 0.923 bits per heavy atom. The van der Waals surface area contributed by atoms with Crippen LogP contribution in [0, 0.1) is 0 Å². The predicted octanol–water partition coefficient (Wildman–Crippen LogP) is 5.48. The van der Waals surface area contributed by atoms with E-state index in [-0.39, 0.29) is 11.8 Å². The number of nitrogens with one attached hydrogen (secondary N) is 2. The van der Waals surface area contributed by atoms with E-state index in [4.69, 9.17) is 11.6 Å². The van der Waals surface area contributed by atoms with Gasteiger partial charge in [0.1, 0.15) is 0 Å². The second kappa shape index (κ2) is 8.02. The highest BCUT2D eigenvalue weighted by atomic mass is 35.5. The molecular weight excluding hydrogens is 348 g/mol.